The fourth-order valence-electron chi connectivity index (χ4n) is 2.04. The average Bonchev–Trinajstić information content (AvgIpc) is 2.51. The van der Waals surface area contributed by atoms with Crippen LogP contribution in [0.4, 0.5) is 0 Å². The number of nitrogens with one attached hydrogen (secondary N) is 1. The summed E-state index contributed by atoms with van der Waals surface area (Å²) in [5.74, 6) is -1.67. The fourth-order valence-corrected chi connectivity index (χ4v) is 2.04. The van der Waals surface area contributed by atoms with Crippen molar-refractivity contribution < 1.29 is 24.9 Å². The molecule has 0 saturated carbocycles. The number of carboxylic acids is 2. The Bertz CT molecular complexity index is 483. The SMILES string of the molecule is NC(Cc1ccc(O)cc1)C(=O)O.O=C(O)C1CCCNC1. The molecule has 0 aliphatic carbocycles. The van der Waals surface area contributed by atoms with Gasteiger partial charge in [0.15, 0.2) is 0 Å². The first-order valence-electron chi connectivity index (χ1n) is 7.10. The van der Waals surface area contributed by atoms with Gasteiger partial charge in [0.1, 0.15) is 11.8 Å². The lowest BCUT2D eigenvalue weighted by atomic mass is 10.0. The average molecular weight is 310 g/mol. The van der Waals surface area contributed by atoms with Crippen molar-refractivity contribution in [1.82, 2.24) is 5.32 Å². The molecular formula is C15H22N2O5. The Hall–Kier alpha value is -2.12. The fraction of sp³-hybridized carbons (Fsp3) is 0.467. The lowest BCUT2D eigenvalue weighted by molar-refractivity contribution is -0.142. The van der Waals surface area contributed by atoms with E-state index in [2.05, 4.69) is 5.32 Å². The van der Waals surface area contributed by atoms with Crippen molar-refractivity contribution in [2.45, 2.75) is 25.3 Å². The molecule has 1 heterocycles. The molecule has 1 aliphatic heterocycles. The van der Waals surface area contributed by atoms with E-state index >= 15 is 0 Å². The molecule has 1 aliphatic rings. The highest BCUT2D eigenvalue weighted by atomic mass is 16.4. The van der Waals surface area contributed by atoms with Crippen molar-refractivity contribution in [2.75, 3.05) is 13.1 Å². The van der Waals surface area contributed by atoms with Gasteiger partial charge in [0.2, 0.25) is 0 Å². The summed E-state index contributed by atoms with van der Waals surface area (Å²) >= 11 is 0. The van der Waals surface area contributed by atoms with Crippen LogP contribution >= 0.6 is 0 Å². The lowest BCUT2D eigenvalue weighted by Crippen LogP contribution is -2.34. The maximum atomic E-state index is 10.4. The maximum Gasteiger partial charge on any atom is 0.320 e. The number of nitrogens with two attached hydrogens (primary N) is 1. The topological polar surface area (TPSA) is 133 Å². The Labute approximate surface area is 128 Å². The third-order valence-corrected chi connectivity index (χ3v) is 3.36. The van der Waals surface area contributed by atoms with Crippen LogP contribution in [-0.2, 0) is 16.0 Å². The van der Waals surface area contributed by atoms with Gasteiger partial charge in [-0.2, -0.15) is 0 Å². The smallest absolute Gasteiger partial charge is 0.320 e. The number of aromatic hydroxyl groups is 1. The zero-order valence-electron chi connectivity index (χ0n) is 12.2. The molecule has 7 nitrogen and oxygen atoms in total. The van der Waals surface area contributed by atoms with Gasteiger partial charge in [-0.15, -0.1) is 0 Å². The van der Waals surface area contributed by atoms with Crippen LogP contribution in [0.1, 0.15) is 18.4 Å². The second-order valence-electron chi connectivity index (χ2n) is 5.20. The molecule has 7 heteroatoms. The van der Waals surface area contributed by atoms with E-state index in [0.29, 0.717) is 6.54 Å². The van der Waals surface area contributed by atoms with Gasteiger partial charge in [0, 0.05) is 6.54 Å². The number of hydrogen-bond donors (Lipinski definition) is 5. The number of aliphatic carboxylic acids is 2. The zero-order chi connectivity index (χ0) is 16.5. The third kappa shape index (κ3) is 6.55. The van der Waals surface area contributed by atoms with Crippen molar-refractivity contribution in [2.24, 2.45) is 11.7 Å². The zero-order valence-corrected chi connectivity index (χ0v) is 12.2. The second kappa shape index (κ2) is 9.01. The number of piperidine rings is 1. The highest BCUT2D eigenvalue weighted by Crippen LogP contribution is 2.10. The number of carbonyl (C=O) groups is 2. The monoisotopic (exact) mass is 310 g/mol. The van der Waals surface area contributed by atoms with Crippen LogP contribution in [0.5, 0.6) is 5.75 Å². The van der Waals surface area contributed by atoms with Crippen molar-refractivity contribution >= 4 is 11.9 Å². The molecule has 2 rings (SSSR count). The summed E-state index contributed by atoms with van der Waals surface area (Å²) < 4.78 is 0. The number of rotatable bonds is 4. The molecule has 0 bridgehead atoms. The van der Waals surface area contributed by atoms with Gasteiger partial charge in [-0.3, -0.25) is 9.59 Å². The summed E-state index contributed by atoms with van der Waals surface area (Å²) in [5.41, 5.74) is 6.12. The molecule has 2 unspecified atom stereocenters. The van der Waals surface area contributed by atoms with Crippen LogP contribution in [0.2, 0.25) is 0 Å². The summed E-state index contributed by atoms with van der Waals surface area (Å²) in [5, 5.41) is 29.0. The van der Waals surface area contributed by atoms with Gasteiger partial charge in [-0.25, -0.2) is 0 Å². The van der Waals surface area contributed by atoms with Gasteiger partial charge in [0.25, 0.3) is 0 Å². The third-order valence-electron chi connectivity index (χ3n) is 3.36. The molecule has 0 amide bonds. The van der Waals surface area contributed by atoms with E-state index in [1.807, 2.05) is 0 Å². The molecule has 122 valence electrons. The Morgan fingerprint density at radius 3 is 2.32 bits per heavy atom. The van der Waals surface area contributed by atoms with E-state index in [4.69, 9.17) is 21.1 Å². The predicted octanol–water partition coefficient (Wildman–Crippen LogP) is 0.417. The van der Waals surface area contributed by atoms with Crippen LogP contribution in [0.3, 0.4) is 0 Å². The molecule has 0 aromatic heterocycles. The minimum absolute atomic E-state index is 0.140. The second-order valence-corrected chi connectivity index (χ2v) is 5.20. The molecule has 1 aromatic carbocycles. The van der Waals surface area contributed by atoms with Crippen LogP contribution in [0.25, 0.3) is 0 Å². The Morgan fingerprint density at radius 2 is 1.91 bits per heavy atom. The predicted molar refractivity (Wildman–Crippen MR) is 80.7 cm³/mol. The molecule has 1 aromatic rings. The first kappa shape index (κ1) is 17.9. The van der Waals surface area contributed by atoms with Crippen molar-refractivity contribution in [1.29, 1.82) is 0 Å². The first-order chi connectivity index (χ1) is 10.4. The molecule has 1 saturated heterocycles. The van der Waals surface area contributed by atoms with Gasteiger partial charge < -0.3 is 26.4 Å². The van der Waals surface area contributed by atoms with Crippen LogP contribution < -0.4 is 11.1 Å². The summed E-state index contributed by atoms with van der Waals surface area (Å²) in [7, 11) is 0. The molecule has 6 N–H and O–H groups in total. The van der Waals surface area contributed by atoms with E-state index in [9.17, 15) is 9.59 Å². The Balaban J connectivity index is 0.000000235. The number of phenols is 1. The van der Waals surface area contributed by atoms with Crippen LogP contribution in [-0.4, -0.2) is 46.4 Å². The van der Waals surface area contributed by atoms with E-state index in [0.717, 1.165) is 24.9 Å². The van der Waals surface area contributed by atoms with Gasteiger partial charge >= 0.3 is 11.9 Å². The molecule has 22 heavy (non-hydrogen) atoms. The molecular weight excluding hydrogens is 288 g/mol. The highest BCUT2D eigenvalue weighted by Gasteiger charge is 2.19. The van der Waals surface area contributed by atoms with Crippen molar-refractivity contribution in [3.63, 3.8) is 0 Å². The summed E-state index contributed by atoms with van der Waals surface area (Å²) in [4.78, 5) is 20.7. The quantitative estimate of drug-likeness (QED) is 0.544. The first-order valence-corrected chi connectivity index (χ1v) is 7.10. The van der Waals surface area contributed by atoms with E-state index in [1.165, 1.54) is 12.1 Å². The highest BCUT2D eigenvalue weighted by molar-refractivity contribution is 5.73. The van der Waals surface area contributed by atoms with Gasteiger partial charge in [-0.1, -0.05) is 12.1 Å². The Kier molecular flexibility index (Phi) is 7.34. The van der Waals surface area contributed by atoms with Crippen LogP contribution in [0.15, 0.2) is 24.3 Å². The molecule has 1 fully saturated rings. The Morgan fingerprint density at radius 1 is 1.27 bits per heavy atom. The van der Waals surface area contributed by atoms with Gasteiger partial charge in [0.05, 0.1) is 5.92 Å². The standard InChI is InChI=1S/C9H11NO3.C6H11NO2/c10-8(9(12)13)5-6-1-3-7(11)4-2-6;8-6(9)5-2-1-3-7-4-5/h1-4,8,11H,5,10H2,(H,12,13);5,7H,1-4H2,(H,8,9). The largest absolute Gasteiger partial charge is 0.508 e. The number of hydrogen-bond acceptors (Lipinski definition) is 5. The number of phenolic OH excluding ortho intramolecular Hbond substituents is 1. The molecule has 2 atom stereocenters. The minimum Gasteiger partial charge on any atom is -0.508 e. The summed E-state index contributed by atoms with van der Waals surface area (Å²) in [6, 6.07) is 5.42. The van der Waals surface area contributed by atoms with E-state index < -0.39 is 18.0 Å². The summed E-state index contributed by atoms with van der Waals surface area (Å²) in [6.45, 7) is 1.62. The molecule has 0 radical (unpaired) electrons. The lowest BCUT2D eigenvalue weighted by Gasteiger charge is -2.18. The van der Waals surface area contributed by atoms with Crippen molar-refractivity contribution in [3.05, 3.63) is 29.8 Å². The number of carboxylic acid groups (broad SMARTS) is 2. The van der Waals surface area contributed by atoms with E-state index in [1.54, 1.807) is 12.1 Å². The van der Waals surface area contributed by atoms with Crippen molar-refractivity contribution in [3.8, 4) is 5.75 Å². The number of benzene rings is 1. The maximum absolute atomic E-state index is 10.4. The van der Waals surface area contributed by atoms with Gasteiger partial charge in [-0.05, 0) is 43.5 Å². The van der Waals surface area contributed by atoms with E-state index in [-0.39, 0.29) is 18.1 Å². The van der Waals surface area contributed by atoms with Crippen LogP contribution in [0, 0.1) is 5.92 Å². The molecule has 0 spiro atoms. The summed E-state index contributed by atoms with van der Waals surface area (Å²) in [6.07, 6.45) is 2.11. The normalized spacial score (nSPS) is 18.7. The minimum atomic E-state index is -1.02.